The van der Waals surface area contributed by atoms with Gasteiger partial charge in [-0.05, 0) is 42.7 Å². The van der Waals surface area contributed by atoms with E-state index >= 15 is 0 Å². The van der Waals surface area contributed by atoms with Crippen LogP contribution in [0.3, 0.4) is 0 Å². The second-order valence-corrected chi connectivity index (χ2v) is 3.95. The lowest BCUT2D eigenvalue weighted by Crippen LogP contribution is -2.13. The van der Waals surface area contributed by atoms with Crippen molar-refractivity contribution in [3.05, 3.63) is 35.4 Å². The van der Waals surface area contributed by atoms with Gasteiger partial charge in [-0.25, -0.2) is 5.90 Å². The Hall–Kier alpha value is -0.860. The van der Waals surface area contributed by atoms with Crippen LogP contribution in [0.25, 0.3) is 0 Å². The van der Waals surface area contributed by atoms with Gasteiger partial charge in [0.15, 0.2) is 0 Å². The Balaban J connectivity index is 2.14. The molecule has 0 aliphatic heterocycles. The van der Waals surface area contributed by atoms with Crippen molar-refractivity contribution in [3.8, 4) is 0 Å². The standard InChI is InChI=1S/C12H17NO/c13-14-9-8-11-6-3-5-10-4-1-2-7-12(10)11/h1-2,4,7,11H,3,5-6,8-9,13H2. The van der Waals surface area contributed by atoms with Crippen LogP contribution in [0.4, 0.5) is 0 Å². The number of benzene rings is 1. The Bertz CT molecular complexity index is 298. The first-order chi connectivity index (χ1) is 6.92. The minimum Gasteiger partial charge on any atom is -0.305 e. The third kappa shape index (κ3) is 1.97. The lowest BCUT2D eigenvalue weighted by molar-refractivity contribution is 0.128. The normalized spacial score (nSPS) is 20.5. The molecule has 2 N–H and O–H groups in total. The van der Waals surface area contributed by atoms with Crippen LogP contribution < -0.4 is 5.90 Å². The van der Waals surface area contributed by atoms with E-state index in [9.17, 15) is 0 Å². The van der Waals surface area contributed by atoms with Crippen molar-refractivity contribution >= 4 is 0 Å². The van der Waals surface area contributed by atoms with E-state index in [-0.39, 0.29) is 0 Å². The molecule has 0 saturated heterocycles. The van der Waals surface area contributed by atoms with E-state index < -0.39 is 0 Å². The predicted octanol–water partition coefficient (Wildman–Crippen LogP) is 2.39. The number of rotatable bonds is 3. The van der Waals surface area contributed by atoms with E-state index in [2.05, 4.69) is 29.1 Å². The third-order valence-corrected chi connectivity index (χ3v) is 3.08. The van der Waals surface area contributed by atoms with Crippen molar-refractivity contribution in [1.29, 1.82) is 0 Å². The fourth-order valence-electron chi connectivity index (χ4n) is 2.36. The molecule has 0 bridgehead atoms. The largest absolute Gasteiger partial charge is 0.305 e. The van der Waals surface area contributed by atoms with Crippen molar-refractivity contribution in [3.63, 3.8) is 0 Å². The van der Waals surface area contributed by atoms with E-state index in [4.69, 9.17) is 5.90 Å². The number of hydrogen-bond donors (Lipinski definition) is 1. The first kappa shape index (κ1) is 9.69. The molecule has 0 spiro atoms. The van der Waals surface area contributed by atoms with Crippen LogP contribution in [0.5, 0.6) is 0 Å². The fraction of sp³-hybridized carbons (Fsp3) is 0.500. The van der Waals surface area contributed by atoms with Gasteiger partial charge in [0.2, 0.25) is 0 Å². The third-order valence-electron chi connectivity index (χ3n) is 3.08. The number of nitrogens with two attached hydrogens (primary N) is 1. The van der Waals surface area contributed by atoms with E-state index in [0.29, 0.717) is 12.5 Å². The number of fused-ring (bicyclic) bond motifs is 1. The second-order valence-electron chi connectivity index (χ2n) is 3.95. The highest BCUT2D eigenvalue weighted by molar-refractivity contribution is 5.32. The molecule has 2 rings (SSSR count). The van der Waals surface area contributed by atoms with Crippen molar-refractivity contribution in [2.45, 2.75) is 31.6 Å². The summed E-state index contributed by atoms with van der Waals surface area (Å²) < 4.78 is 0. The van der Waals surface area contributed by atoms with Gasteiger partial charge in [0, 0.05) is 0 Å². The van der Waals surface area contributed by atoms with E-state index in [1.54, 1.807) is 0 Å². The zero-order chi connectivity index (χ0) is 9.80. The fourth-order valence-corrected chi connectivity index (χ4v) is 2.36. The summed E-state index contributed by atoms with van der Waals surface area (Å²) >= 11 is 0. The van der Waals surface area contributed by atoms with Crippen molar-refractivity contribution in [2.75, 3.05) is 6.61 Å². The molecule has 1 aromatic carbocycles. The van der Waals surface area contributed by atoms with E-state index in [0.717, 1.165) is 6.42 Å². The molecule has 0 aromatic heterocycles. The van der Waals surface area contributed by atoms with E-state index in [1.807, 2.05) is 0 Å². The van der Waals surface area contributed by atoms with Crippen LogP contribution in [0.2, 0.25) is 0 Å². The van der Waals surface area contributed by atoms with Crippen LogP contribution >= 0.6 is 0 Å². The molecule has 1 aliphatic rings. The summed E-state index contributed by atoms with van der Waals surface area (Å²) in [6, 6.07) is 8.74. The van der Waals surface area contributed by atoms with Gasteiger partial charge in [0.1, 0.15) is 0 Å². The van der Waals surface area contributed by atoms with E-state index in [1.165, 1.54) is 30.4 Å². The molecule has 1 aliphatic carbocycles. The van der Waals surface area contributed by atoms with Crippen LogP contribution in [-0.4, -0.2) is 6.61 Å². The molecule has 76 valence electrons. The summed E-state index contributed by atoms with van der Waals surface area (Å²) in [5.74, 6) is 5.72. The highest BCUT2D eigenvalue weighted by Crippen LogP contribution is 2.33. The molecule has 14 heavy (non-hydrogen) atoms. The molecule has 0 amide bonds. The highest BCUT2D eigenvalue weighted by atomic mass is 16.6. The van der Waals surface area contributed by atoms with Gasteiger partial charge in [-0.2, -0.15) is 0 Å². The van der Waals surface area contributed by atoms with Gasteiger partial charge in [-0.15, -0.1) is 0 Å². The number of hydrogen-bond acceptors (Lipinski definition) is 2. The summed E-state index contributed by atoms with van der Waals surface area (Å²) in [4.78, 5) is 4.66. The molecule has 1 atom stereocenters. The maximum Gasteiger partial charge on any atom is 0.0685 e. The zero-order valence-electron chi connectivity index (χ0n) is 8.41. The topological polar surface area (TPSA) is 35.2 Å². The van der Waals surface area contributed by atoms with Crippen LogP contribution in [0.1, 0.15) is 36.3 Å². The smallest absolute Gasteiger partial charge is 0.0685 e. The maximum absolute atomic E-state index is 5.07. The highest BCUT2D eigenvalue weighted by Gasteiger charge is 2.18. The lowest BCUT2D eigenvalue weighted by atomic mass is 9.81. The van der Waals surface area contributed by atoms with Crippen molar-refractivity contribution < 1.29 is 4.84 Å². The Labute approximate surface area is 85.0 Å². The SMILES string of the molecule is NOCCC1CCCc2ccccc21. The molecule has 2 nitrogen and oxygen atoms in total. The first-order valence-electron chi connectivity index (χ1n) is 5.31. The van der Waals surface area contributed by atoms with Crippen LogP contribution in [-0.2, 0) is 11.3 Å². The molecule has 0 heterocycles. The predicted molar refractivity (Wildman–Crippen MR) is 56.9 cm³/mol. The summed E-state index contributed by atoms with van der Waals surface area (Å²) in [6.07, 6.45) is 4.86. The second kappa shape index (κ2) is 4.58. The van der Waals surface area contributed by atoms with Gasteiger partial charge in [0.25, 0.3) is 0 Å². The Morgan fingerprint density at radius 2 is 2.21 bits per heavy atom. The summed E-state index contributed by atoms with van der Waals surface area (Å²) in [5, 5.41) is 0. The molecule has 1 aromatic rings. The summed E-state index contributed by atoms with van der Waals surface area (Å²) in [5.41, 5.74) is 3.02. The van der Waals surface area contributed by atoms with Gasteiger partial charge >= 0.3 is 0 Å². The molecular weight excluding hydrogens is 174 g/mol. The van der Waals surface area contributed by atoms with Crippen LogP contribution in [0.15, 0.2) is 24.3 Å². The Morgan fingerprint density at radius 1 is 1.36 bits per heavy atom. The minimum absolute atomic E-state index is 0.656. The monoisotopic (exact) mass is 191 g/mol. The molecule has 0 saturated carbocycles. The van der Waals surface area contributed by atoms with Crippen molar-refractivity contribution in [1.82, 2.24) is 0 Å². The van der Waals surface area contributed by atoms with Crippen molar-refractivity contribution in [2.24, 2.45) is 5.90 Å². The molecule has 1 unspecified atom stereocenters. The average molecular weight is 191 g/mol. The lowest BCUT2D eigenvalue weighted by Gasteiger charge is -2.24. The summed E-state index contributed by atoms with van der Waals surface area (Å²) in [6.45, 7) is 0.666. The van der Waals surface area contributed by atoms with Gasteiger partial charge in [-0.3, -0.25) is 0 Å². The zero-order valence-corrected chi connectivity index (χ0v) is 8.41. The Morgan fingerprint density at radius 3 is 3.07 bits per heavy atom. The first-order valence-corrected chi connectivity index (χ1v) is 5.31. The van der Waals surface area contributed by atoms with Crippen LogP contribution in [0, 0.1) is 0 Å². The van der Waals surface area contributed by atoms with Gasteiger partial charge in [0.05, 0.1) is 6.61 Å². The van der Waals surface area contributed by atoms with Gasteiger partial charge in [-0.1, -0.05) is 24.3 Å². The quantitative estimate of drug-likeness (QED) is 0.744. The average Bonchev–Trinajstić information content (AvgIpc) is 2.26. The molecule has 2 heteroatoms. The maximum atomic E-state index is 5.07. The molecular formula is C12H17NO. The molecule has 0 fully saturated rings. The molecule has 0 radical (unpaired) electrons. The number of aryl methyl sites for hydroxylation is 1. The summed E-state index contributed by atoms with van der Waals surface area (Å²) in [7, 11) is 0. The minimum atomic E-state index is 0.656. The Kier molecular flexibility index (Phi) is 3.17. The van der Waals surface area contributed by atoms with Gasteiger partial charge < -0.3 is 4.84 Å².